The van der Waals surface area contributed by atoms with E-state index in [-0.39, 0.29) is 10.6 Å². The summed E-state index contributed by atoms with van der Waals surface area (Å²) >= 11 is 0. The van der Waals surface area contributed by atoms with Crippen molar-refractivity contribution in [1.82, 2.24) is 0 Å². The molecule has 1 aliphatic rings. The third kappa shape index (κ3) is 3.34. The Morgan fingerprint density at radius 3 is 2.67 bits per heavy atom. The van der Waals surface area contributed by atoms with Crippen LogP contribution in [0, 0.1) is 10.1 Å². The minimum atomic E-state index is -0.356. The Hall–Kier alpha value is -2.96. The topological polar surface area (TPSA) is 85.7 Å². The maximum atomic E-state index is 11.2. The molecule has 1 heterocycles. The number of nitro groups is 1. The smallest absolute Gasteiger partial charge is 0.292 e. The van der Waals surface area contributed by atoms with Gasteiger partial charge in [-0.15, -0.1) is 0 Å². The third-order valence-electron chi connectivity index (χ3n) is 3.91. The number of anilines is 2. The number of hydrogen-bond donors (Lipinski definition) is 2. The lowest BCUT2D eigenvalue weighted by Crippen LogP contribution is -2.13. The van der Waals surface area contributed by atoms with Crippen LogP contribution in [0.4, 0.5) is 17.1 Å². The highest BCUT2D eigenvalue weighted by Gasteiger charge is 2.23. The van der Waals surface area contributed by atoms with Crippen molar-refractivity contribution in [3.8, 4) is 11.5 Å². The molecule has 0 saturated carbocycles. The van der Waals surface area contributed by atoms with Crippen LogP contribution in [0.1, 0.15) is 5.56 Å². The molecule has 0 atom stereocenters. The van der Waals surface area contributed by atoms with E-state index in [2.05, 4.69) is 10.6 Å². The summed E-state index contributed by atoms with van der Waals surface area (Å²) in [4.78, 5) is 10.9. The highest BCUT2D eigenvalue weighted by molar-refractivity contribution is 5.77. The normalized spacial score (nSPS) is 12.2. The number of nitrogens with one attached hydrogen (secondary N) is 2. The van der Waals surface area contributed by atoms with Gasteiger partial charge in [0, 0.05) is 30.4 Å². The van der Waals surface area contributed by atoms with Gasteiger partial charge in [-0.25, -0.2) is 0 Å². The molecular weight excluding hydrogens is 310 g/mol. The Balaban J connectivity index is 1.62. The van der Waals surface area contributed by atoms with E-state index >= 15 is 0 Å². The number of benzene rings is 2. The van der Waals surface area contributed by atoms with Gasteiger partial charge in [0.1, 0.15) is 23.8 Å². The molecule has 126 valence electrons. The van der Waals surface area contributed by atoms with Crippen molar-refractivity contribution < 1.29 is 14.4 Å². The number of ether oxygens (including phenoxy) is 2. The van der Waals surface area contributed by atoms with Crippen molar-refractivity contribution in [1.29, 1.82) is 0 Å². The first-order valence-electron chi connectivity index (χ1n) is 7.74. The Morgan fingerprint density at radius 1 is 1.21 bits per heavy atom. The van der Waals surface area contributed by atoms with Gasteiger partial charge in [0.05, 0.1) is 12.0 Å². The minimum Gasteiger partial charge on any atom is -0.497 e. The van der Waals surface area contributed by atoms with Crippen LogP contribution in [0.5, 0.6) is 11.5 Å². The Kier molecular flexibility index (Phi) is 4.69. The van der Waals surface area contributed by atoms with E-state index in [1.807, 2.05) is 24.3 Å². The van der Waals surface area contributed by atoms with Gasteiger partial charge in [-0.05, 0) is 36.8 Å². The highest BCUT2D eigenvalue weighted by atomic mass is 16.6. The molecule has 0 aliphatic carbocycles. The van der Waals surface area contributed by atoms with Crippen LogP contribution in [0.3, 0.4) is 0 Å². The maximum Gasteiger partial charge on any atom is 0.292 e. The molecule has 7 heteroatoms. The zero-order valence-corrected chi connectivity index (χ0v) is 13.4. The lowest BCUT2D eigenvalue weighted by molar-refractivity contribution is -0.384. The first-order chi connectivity index (χ1) is 11.7. The van der Waals surface area contributed by atoms with Crippen molar-refractivity contribution in [3.63, 3.8) is 0 Å². The molecular formula is C17H19N3O4. The number of fused-ring (bicyclic) bond motifs is 1. The Labute approximate surface area is 139 Å². The first-order valence-corrected chi connectivity index (χ1v) is 7.74. The fraction of sp³-hybridized carbons (Fsp3) is 0.294. The quantitative estimate of drug-likeness (QED) is 0.461. The number of methoxy groups -OCH3 is 1. The number of rotatable bonds is 7. The molecule has 0 unspecified atom stereocenters. The average Bonchev–Trinajstić information content (AvgIpc) is 3.08. The fourth-order valence-corrected chi connectivity index (χ4v) is 2.75. The van der Waals surface area contributed by atoms with Gasteiger partial charge in [-0.1, -0.05) is 0 Å². The van der Waals surface area contributed by atoms with Gasteiger partial charge >= 0.3 is 0 Å². The molecule has 0 saturated heterocycles. The van der Waals surface area contributed by atoms with Crippen molar-refractivity contribution in [2.45, 2.75) is 6.42 Å². The zero-order chi connectivity index (χ0) is 16.9. The SMILES string of the molecule is COc1ccc(OCCNc2c([N+](=O)[O-])ccc3c2CCN3)cc1. The summed E-state index contributed by atoms with van der Waals surface area (Å²) in [7, 11) is 1.61. The number of nitrogens with zero attached hydrogens (tertiary/aromatic N) is 1. The molecule has 2 aromatic carbocycles. The second-order valence-electron chi connectivity index (χ2n) is 5.37. The largest absolute Gasteiger partial charge is 0.497 e. The van der Waals surface area contributed by atoms with Gasteiger partial charge in [-0.2, -0.15) is 0 Å². The lowest BCUT2D eigenvalue weighted by Gasteiger charge is -2.12. The summed E-state index contributed by atoms with van der Waals surface area (Å²) in [6, 6.07) is 10.6. The summed E-state index contributed by atoms with van der Waals surface area (Å²) in [6.45, 7) is 1.68. The van der Waals surface area contributed by atoms with Crippen LogP contribution in [0.25, 0.3) is 0 Å². The Morgan fingerprint density at radius 2 is 1.96 bits per heavy atom. The van der Waals surface area contributed by atoms with E-state index in [9.17, 15) is 10.1 Å². The maximum absolute atomic E-state index is 11.2. The van der Waals surface area contributed by atoms with Gasteiger partial charge in [0.25, 0.3) is 5.69 Å². The van der Waals surface area contributed by atoms with Crippen LogP contribution in [0.15, 0.2) is 36.4 Å². The summed E-state index contributed by atoms with van der Waals surface area (Å²) in [5, 5.41) is 17.6. The molecule has 0 amide bonds. The van der Waals surface area contributed by atoms with Crippen LogP contribution in [-0.2, 0) is 6.42 Å². The van der Waals surface area contributed by atoms with Crippen LogP contribution in [0.2, 0.25) is 0 Å². The van der Waals surface area contributed by atoms with Crippen LogP contribution in [-0.4, -0.2) is 31.7 Å². The molecule has 0 spiro atoms. The lowest BCUT2D eigenvalue weighted by atomic mass is 10.1. The van der Waals surface area contributed by atoms with E-state index in [4.69, 9.17) is 9.47 Å². The summed E-state index contributed by atoms with van der Waals surface area (Å²) in [5.41, 5.74) is 2.61. The average molecular weight is 329 g/mol. The second kappa shape index (κ2) is 7.08. The van der Waals surface area contributed by atoms with E-state index in [1.54, 1.807) is 13.2 Å². The predicted molar refractivity (Wildman–Crippen MR) is 92.3 cm³/mol. The van der Waals surface area contributed by atoms with E-state index < -0.39 is 0 Å². The molecule has 24 heavy (non-hydrogen) atoms. The van der Waals surface area contributed by atoms with Crippen molar-refractivity contribution in [2.24, 2.45) is 0 Å². The molecule has 1 aliphatic heterocycles. The van der Waals surface area contributed by atoms with E-state index in [0.29, 0.717) is 18.8 Å². The molecule has 0 fully saturated rings. The van der Waals surface area contributed by atoms with Gasteiger partial charge in [0.15, 0.2) is 0 Å². The first kappa shape index (κ1) is 15.9. The second-order valence-corrected chi connectivity index (χ2v) is 5.37. The van der Waals surface area contributed by atoms with Crippen molar-refractivity contribution in [3.05, 3.63) is 52.1 Å². The van der Waals surface area contributed by atoms with Gasteiger partial charge in [-0.3, -0.25) is 10.1 Å². The van der Waals surface area contributed by atoms with Crippen LogP contribution >= 0.6 is 0 Å². The zero-order valence-electron chi connectivity index (χ0n) is 13.4. The fourth-order valence-electron chi connectivity index (χ4n) is 2.75. The summed E-state index contributed by atoms with van der Waals surface area (Å²) in [5.74, 6) is 1.50. The Bertz CT molecular complexity index is 731. The highest BCUT2D eigenvalue weighted by Crippen LogP contribution is 2.36. The van der Waals surface area contributed by atoms with E-state index in [1.165, 1.54) is 6.07 Å². The molecule has 3 rings (SSSR count). The van der Waals surface area contributed by atoms with Crippen molar-refractivity contribution >= 4 is 17.1 Å². The predicted octanol–water partition coefficient (Wildman–Crippen LogP) is 3.06. The van der Waals surface area contributed by atoms with Gasteiger partial charge in [0.2, 0.25) is 0 Å². The molecule has 0 radical (unpaired) electrons. The van der Waals surface area contributed by atoms with E-state index in [0.717, 1.165) is 35.7 Å². The van der Waals surface area contributed by atoms with Crippen LogP contribution < -0.4 is 20.1 Å². The molecule has 2 aromatic rings. The molecule has 2 N–H and O–H groups in total. The standard InChI is InChI=1S/C17H19N3O4/c1-23-12-2-4-13(5-3-12)24-11-10-19-17-14-8-9-18-15(14)6-7-16(17)20(21)22/h2-7,18-19H,8-11H2,1H3. The monoisotopic (exact) mass is 329 g/mol. The number of nitro benzene ring substituents is 1. The molecule has 0 bridgehead atoms. The van der Waals surface area contributed by atoms with Gasteiger partial charge < -0.3 is 20.1 Å². The molecule has 0 aromatic heterocycles. The molecule has 7 nitrogen and oxygen atoms in total. The van der Waals surface area contributed by atoms with Crippen molar-refractivity contribution in [2.75, 3.05) is 37.4 Å². The third-order valence-corrected chi connectivity index (χ3v) is 3.91. The summed E-state index contributed by atoms with van der Waals surface area (Å²) in [6.07, 6.45) is 0.776. The number of hydrogen-bond acceptors (Lipinski definition) is 6. The summed E-state index contributed by atoms with van der Waals surface area (Å²) < 4.78 is 10.7. The minimum absolute atomic E-state index is 0.0990.